The number of rotatable bonds is 3. The van der Waals surface area contributed by atoms with Crippen LogP contribution in [0.3, 0.4) is 0 Å². The van der Waals surface area contributed by atoms with Crippen LogP contribution in [0.2, 0.25) is 0 Å². The van der Waals surface area contributed by atoms with Crippen molar-refractivity contribution in [3.63, 3.8) is 0 Å². The molecule has 0 saturated heterocycles. The summed E-state index contributed by atoms with van der Waals surface area (Å²) in [7, 11) is -0.250. The molecule has 2 aromatic rings. The largest absolute Gasteiger partial charge is 0.0587 e. The predicted octanol–water partition coefficient (Wildman–Crippen LogP) is 5.70. The molecule has 0 radical (unpaired) electrons. The quantitative estimate of drug-likeness (QED) is 0.624. The van der Waals surface area contributed by atoms with Crippen LogP contribution in [-0.4, -0.2) is 5.16 Å². The molecule has 130 valence electrons. The maximum Gasteiger partial charge on any atom is -0.000642 e. The maximum atomic E-state index is 2.44. The van der Waals surface area contributed by atoms with Gasteiger partial charge in [0.05, 0.1) is 0 Å². The third-order valence-electron chi connectivity index (χ3n) is 7.06. The summed E-state index contributed by atoms with van der Waals surface area (Å²) in [6.07, 6.45) is 9.07. The van der Waals surface area contributed by atoms with Gasteiger partial charge in [-0.05, 0) is 93.8 Å². The van der Waals surface area contributed by atoms with E-state index in [1.807, 2.05) is 0 Å². The minimum absolute atomic E-state index is 0.250. The number of aryl methyl sites for hydroxylation is 2. The fourth-order valence-corrected chi connectivity index (χ4v) is 10.0. The van der Waals surface area contributed by atoms with Crippen molar-refractivity contribution in [3.05, 3.63) is 59.7 Å². The molecular weight excluding hydrogens is 319 g/mol. The molecule has 4 aliphatic carbocycles. The molecule has 0 spiro atoms. The van der Waals surface area contributed by atoms with E-state index in [9.17, 15) is 0 Å². The SMILES string of the molecule is Cc1ccc(P(c2ccc(C)cc2)C23CC4CC(CC(C4)C2)C3)cc1. The molecule has 0 N–H and O–H groups in total. The van der Waals surface area contributed by atoms with E-state index in [1.54, 1.807) is 10.6 Å². The van der Waals surface area contributed by atoms with Crippen LogP contribution in [0.4, 0.5) is 0 Å². The van der Waals surface area contributed by atoms with Crippen LogP contribution in [0.5, 0.6) is 0 Å². The van der Waals surface area contributed by atoms with Gasteiger partial charge in [0.1, 0.15) is 0 Å². The number of hydrogen-bond donors (Lipinski definition) is 0. The molecule has 4 bridgehead atoms. The zero-order chi connectivity index (χ0) is 17.0. The van der Waals surface area contributed by atoms with E-state index in [2.05, 4.69) is 62.4 Å². The molecule has 25 heavy (non-hydrogen) atoms. The standard InChI is InChI=1S/C24H29P/c1-17-3-7-22(8-4-17)25(23-9-5-18(2)6-10-23)24-14-19-11-20(15-24)13-21(12-19)16-24/h3-10,19-21H,11-16H2,1-2H3. The Kier molecular flexibility index (Phi) is 3.83. The van der Waals surface area contributed by atoms with E-state index in [1.165, 1.54) is 49.7 Å². The summed E-state index contributed by atoms with van der Waals surface area (Å²) in [4.78, 5) is 0. The molecule has 1 heteroatoms. The molecule has 0 nitrogen and oxygen atoms in total. The molecule has 0 atom stereocenters. The van der Waals surface area contributed by atoms with Crippen LogP contribution in [0.1, 0.15) is 49.7 Å². The summed E-state index contributed by atoms with van der Waals surface area (Å²) < 4.78 is 0. The van der Waals surface area contributed by atoms with Crippen molar-refractivity contribution in [3.8, 4) is 0 Å². The number of benzene rings is 2. The van der Waals surface area contributed by atoms with Crippen molar-refractivity contribution >= 4 is 18.5 Å². The van der Waals surface area contributed by atoms with Gasteiger partial charge in [0.15, 0.2) is 0 Å². The lowest BCUT2D eigenvalue weighted by atomic mass is 9.56. The van der Waals surface area contributed by atoms with Crippen molar-refractivity contribution < 1.29 is 0 Å². The monoisotopic (exact) mass is 348 g/mol. The van der Waals surface area contributed by atoms with Crippen LogP contribution in [0, 0.1) is 31.6 Å². The highest BCUT2D eigenvalue weighted by atomic mass is 31.1. The number of hydrogen-bond acceptors (Lipinski definition) is 0. The molecule has 0 aliphatic heterocycles. The Morgan fingerprint density at radius 1 is 0.640 bits per heavy atom. The van der Waals surface area contributed by atoms with Crippen molar-refractivity contribution in [2.24, 2.45) is 17.8 Å². The highest BCUT2D eigenvalue weighted by molar-refractivity contribution is 7.74. The van der Waals surface area contributed by atoms with Gasteiger partial charge in [-0.3, -0.25) is 0 Å². The van der Waals surface area contributed by atoms with Crippen molar-refractivity contribution in [1.29, 1.82) is 0 Å². The lowest BCUT2D eigenvalue weighted by Crippen LogP contribution is -2.51. The van der Waals surface area contributed by atoms with Crippen molar-refractivity contribution in [1.82, 2.24) is 0 Å². The lowest BCUT2D eigenvalue weighted by molar-refractivity contribution is 0.0364. The normalized spacial score (nSPS) is 33.2. The van der Waals surface area contributed by atoms with Gasteiger partial charge in [-0.25, -0.2) is 0 Å². The summed E-state index contributed by atoms with van der Waals surface area (Å²) in [6.45, 7) is 4.42. The Morgan fingerprint density at radius 2 is 1.00 bits per heavy atom. The van der Waals surface area contributed by atoms with E-state index in [0.29, 0.717) is 5.16 Å². The summed E-state index contributed by atoms with van der Waals surface area (Å²) in [5.74, 6) is 3.06. The van der Waals surface area contributed by atoms with Crippen LogP contribution in [0.25, 0.3) is 0 Å². The summed E-state index contributed by atoms with van der Waals surface area (Å²) in [5, 5.41) is 3.81. The average Bonchev–Trinajstić information content (AvgIpc) is 2.57. The van der Waals surface area contributed by atoms with Crippen LogP contribution in [0.15, 0.2) is 48.5 Å². The lowest BCUT2D eigenvalue weighted by Gasteiger charge is -2.59. The van der Waals surface area contributed by atoms with E-state index in [-0.39, 0.29) is 7.92 Å². The van der Waals surface area contributed by atoms with Gasteiger partial charge < -0.3 is 0 Å². The second-order valence-corrected chi connectivity index (χ2v) is 11.8. The molecular formula is C24H29P. The Morgan fingerprint density at radius 3 is 1.36 bits per heavy atom. The molecule has 0 unspecified atom stereocenters. The zero-order valence-corrected chi connectivity index (χ0v) is 16.4. The predicted molar refractivity (Wildman–Crippen MR) is 109 cm³/mol. The van der Waals surface area contributed by atoms with Crippen molar-refractivity contribution in [2.75, 3.05) is 0 Å². The highest BCUT2D eigenvalue weighted by Gasteiger charge is 2.54. The molecule has 0 aromatic heterocycles. The van der Waals surface area contributed by atoms with Gasteiger partial charge in [-0.15, -0.1) is 0 Å². The topological polar surface area (TPSA) is 0 Å². The van der Waals surface area contributed by atoms with E-state index in [4.69, 9.17) is 0 Å². The fourth-order valence-electron chi connectivity index (χ4n) is 6.42. The molecule has 4 fully saturated rings. The van der Waals surface area contributed by atoms with E-state index < -0.39 is 0 Å². The highest BCUT2D eigenvalue weighted by Crippen LogP contribution is 2.67. The van der Waals surface area contributed by atoms with Crippen LogP contribution in [-0.2, 0) is 0 Å². The van der Waals surface area contributed by atoms with Crippen molar-refractivity contribution in [2.45, 2.75) is 57.5 Å². The summed E-state index contributed by atoms with van der Waals surface area (Å²) in [6, 6.07) is 19.1. The van der Waals surface area contributed by atoms with Gasteiger partial charge in [0, 0.05) is 0 Å². The Balaban J connectivity index is 1.62. The Hall–Kier alpha value is -1.13. The molecule has 4 aliphatic rings. The minimum atomic E-state index is -0.250. The molecule has 6 rings (SSSR count). The zero-order valence-electron chi connectivity index (χ0n) is 15.5. The molecule has 0 heterocycles. The third kappa shape index (κ3) is 2.78. The second kappa shape index (κ2) is 5.95. The van der Waals surface area contributed by atoms with Gasteiger partial charge in [0.25, 0.3) is 0 Å². The van der Waals surface area contributed by atoms with Crippen LogP contribution < -0.4 is 10.6 Å². The molecule has 2 aromatic carbocycles. The first-order valence-corrected chi connectivity index (χ1v) is 11.4. The van der Waals surface area contributed by atoms with Gasteiger partial charge in [-0.2, -0.15) is 0 Å². The first-order chi connectivity index (χ1) is 12.1. The average molecular weight is 348 g/mol. The van der Waals surface area contributed by atoms with Crippen LogP contribution >= 0.6 is 7.92 Å². The van der Waals surface area contributed by atoms with Gasteiger partial charge >= 0.3 is 0 Å². The van der Waals surface area contributed by atoms with E-state index >= 15 is 0 Å². The summed E-state index contributed by atoms with van der Waals surface area (Å²) in [5.41, 5.74) is 2.77. The first kappa shape index (κ1) is 16.1. The molecule has 4 saturated carbocycles. The Labute approximate surface area is 153 Å². The maximum absolute atomic E-state index is 2.44. The third-order valence-corrected chi connectivity index (χ3v) is 10.2. The second-order valence-electron chi connectivity index (χ2n) is 9.15. The molecule has 0 amide bonds. The van der Waals surface area contributed by atoms with Gasteiger partial charge in [0.2, 0.25) is 0 Å². The minimum Gasteiger partial charge on any atom is -0.0587 e. The fraction of sp³-hybridized carbons (Fsp3) is 0.500. The smallest absolute Gasteiger partial charge is 0.000642 e. The van der Waals surface area contributed by atoms with Gasteiger partial charge in [-0.1, -0.05) is 59.7 Å². The van der Waals surface area contributed by atoms with E-state index in [0.717, 1.165) is 17.8 Å². The Bertz CT molecular complexity index is 675. The summed E-state index contributed by atoms with van der Waals surface area (Å²) >= 11 is 0. The first-order valence-electron chi connectivity index (χ1n) is 10.0.